The number of halogens is 4. The molecule has 1 N–H and O–H groups in total. The van der Waals surface area contributed by atoms with Crippen molar-refractivity contribution in [3.8, 4) is 0 Å². The van der Waals surface area contributed by atoms with Gasteiger partial charge in [-0.1, -0.05) is 17.7 Å². The van der Waals surface area contributed by atoms with E-state index in [1.165, 1.54) is 0 Å². The van der Waals surface area contributed by atoms with Gasteiger partial charge in [0.1, 0.15) is 0 Å². The summed E-state index contributed by atoms with van der Waals surface area (Å²) in [7, 11) is 1.84. The zero-order valence-electron chi connectivity index (χ0n) is 11.1. The average Bonchev–Trinajstić information content (AvgIpc) is 2.66. The van der Waals surface area contributed by atoms with Crippen molar-refractivity contribution in [2.45, 2.75) is 32.1 Å². The Morgan fingerprint density at radius 1 is 1.30 bits per heavy atom. The summed E-state index contributed by atoms with van der Waals surface area (Å²) in [6.07, 6.45) is -2.91. The highest BCUT2D eigenvalue weighted by molar-refractivity contribution is 6.31. The standard InChI is InChI=1S/C14H16ClF3N2/c1-19-8-10-9-20(6-2-5-14(16,17)18)13-7-11(15)3-4-12(10)13/h3-4,7,9,19H,2,5-6,8H2,1H3. The van der Waals surface area contributed by atoms with Crippen LogP contribution in [0.5, 0.6) is 0 Å². The van der Waals surface area contributed by atoms with Crippen LogP contribution in [0.2, 0.25) is 5.02 Å². The average molecular weight is 305 g/mol. The van der Waals surface area contributed by atoms with E-state index in [1.54, 1.807) is 12.1 Å². The second-order valence-corrected chi connectivity index (χ2v) is 5.19. The summed E-state index contributed by atoms with van der Waals surface area (Å²) in [6, 6.07) is 5.50. The van der Waals surface area contributed by atoms with E-state index in [1.807, 2.05) is 23.9 Å². The molecular formula is C14H16ClF3N2. The van der Waals surface area contributed by atoms with Crippen LogP contribution in [0.1, 0.15) is 18.4 Å². The SMILES string of the molecule is CNCc1cn(CCCC(F)(F)F)c2cc(Cl)ccc12. The largest absolute Gasteiger partial charge is 0.389 e. The van der Waals surface area contributed by atoms with Crippen LogP contribution in [-0.2, 0) is 13.1 Å². The van der Waals surface area contributed by atoms with Crippen LogP contribution < -0.4 is 5.32 Å². The Kier molecular flexibility index (Phi) is 4.60. The number of aromatic nitrogens is 1. The smallest absolute Gasteiger partial charge is 0.347 e. The lowest BCUT2D eigenvalue weighted by Crippen LogP contribution is -2.09. The quantitative estimate of drug-likeness (QED) is 0.868. The van der Waals surface area contributed by atoms with Crippen molar-refractivity contribution in [1.82, 2.24) is 9.88 Å². The fourth-order valence-electron chi connectivity index (χ4n) is 2.31. The summed E-state index contributed by atoms with van der Waals surface area (Å²) in [5, 5.41) is 4.67. The minimum atomic E-state index is -4.10. The van der Waals surface area contributed by atoms with Crippen molar-refractivity contribution in [1.29, 1.82) is 0 Å². The molecule has 0 saturated carbocycles. The number of hydrogen-bond donors (Lipinski definition) is 1. The molecule has 0 bridgehead atoms. The lowest BCUT2D eigenvalue weighted by Gasteiger charge is -2.08. The third-order valence-electron chi connectivity index (χ3n) is 3.15. The highest BCUT2D eigenvalue weighted by Gasteiger charge is 2.26. The molecule has 2 aromatic rings. The first-order valence-electron chi connectivity index (χ1n) is 6.39. The summed E-state index contributed by atoms with van der Waals surface area (Å²) in [6.45, 7) is 1.00. The molecule has 6 heteroatoms. The summed E-state index contributed by atoms with van der Waals surface area (Å²) >= 11 is 5.97. The molecule has 2 nitrogen and oxygen atoms in total. The highest BCUT2D eigenvalue weighted by atomic mass is 35.5. The molecule has 0 unspecified atom stereocenters. The predicted molar refractivity (Wildman–Crippen MR) is 75.0 cm³/mol. The third-order valence-corrected chi connectivity index (χ3v) is 3.39. The van der Waals surface area contributed by atoms with Crippen molar-refractivity contribution < 1.29 is 13.2 Å². The van der Waals surface area contributed by atoms with E-state index < -0.39 is 12.6 Å². The van der Waals surface area contributed by atoms with Crippen LogP contribution in [0.3, 0.4) is 0 Å². The maximum atomic E-state index is 12.2. The summed E-state index contributed by atoms with van der Waals surface area (Å²) in [5.41, 5.74) is 1.94. The summed E-state index contributed by atoms with van der Waals surface area (Å²) in [4.78, 5) is 0. The predicted octanol–water partition coefficient (Wildman–Crippen LogP) is 4.36. The van der Waals surface area contributed by atoms with E-state index in [9.17, 15) is 13.2 Å². The van der Waals surface area contributed by atoms with Crippen LogP contribution in [0, 0.1) is 0 Å². The minimum absolute atomic E-state index is 0.0682. The topological polar surface area (TPSA) is 17.0 Å². The zero-order valence-corrected chi connectivity index (χ0v) is 11.9. The first kappa shape index (κ1) is 15.2. The lowest BCUT2D eigenvalue weighted by molar-refractivity contribution is -0.135. The zero-order chi connectivity index (χ0) is 14.8. The van der Waals surface area contributed by atoms with Gasteiger partial charge >= 0.3 is 6.18 Å². The van der Waals surface area contributed by atoms with Crippen LogP contribution in [-0.4, -0.2) is 17.8 Å². The molecule has 1 aromatic carbocycles. The molecule has 0 aliphatic carbocycles. The van der Waals surface area contributed by atoms with Gasteiger partial charge in [0.25, 0.3) is 0 Å². The van der Waals surface area contributed by atoms with E-state index in [2.05, 4.69) is 5.32 Å². The summed E-state index contributed by atoms with van der Waals surface area (Å²) in [5.74, 6) is 0. The molecule has 20 heavy (non-hydrogen) atoms. The maximum Gasteiger partial charge on any atom is 0.389 e. The number of fused-ring (bicyclic) bond motifs is 1. The van der Waals surface area contributed by atoms with Gasteiger partial charge in [-0.15, -0.1) is 0 Å². The third kappa shape index (κ3) is 3.67. The molecular weight excluding hydrogens is 289 g/mol. The first-order chi connectivity index (χ1) is 9.40. The number of benzene rings is 1. The van der Waals surface area contributed by atoms with Crippen LogP contribution in [0.4, 0.5) is 13.2 Å². The Bertz CT molecular complexity index is 590. The van der Waals surface area contributed by atoms with Gasteiger partial charge in [-0.25, -0.2) is 0 Å². The molecule has 1 aromatic heterocycles. The molecule has 0 aliphatic rings. The lowest BCUT2D eigenvalue weighted by atomic mass is 10.2. The molecule has 0 aliphatic heterocycles. The van der Waals surface area contributed by atoms with Gasteiger partial charge in [0.05, 0.1) is 0 Å². The van der Waals surface area contributed by atoms with Crippen LogP contribution >= 0.6 is 11.6 Å². The van der Waals surface area contributed by atoms with Gasteiger partial charge in [0, 0.05) is 41.6 Å². The van der Waals surface area contributed by atoms with Gasteiger partial charge in [0.15, 0.2) is 0 Å². The van der Waals surface area contributed by atoms with E-state index >= 15 is 0 Å². The Labute approximate surface area is 120 Å². The molecule has 0 fully saturated rings. The molecule has 0 spiro atoms. The molecule has 2 rings (SSSR count). The van der Waals surface area contributed by atoms with Gasteiger partial charge in [-0.05, 0) is 31.2 Å². The second-order valence-electron chi connectivity index (χ2n) is 4.76. The fourth-order valence-corrected chi connectivity index (χ4v) is 2.47. The Morgan fingerprint density at radius 3 is 2.70 bits per heavy atom. The Balaban J connectivity index is 2.25. The maximum absolute atomic E-state index is 12.2. The number of nitrogens with zero attached hydrogens (tertiary/aromatic N) is 1. The van der Waals surface area contributed by atoms with Gasteiger partial charge in [0.2, 0.25) is 0 Å². The van der Waals surface area contributed by atoms with E-state index in [-0.39, 0.29) is 6.42 Å². The van der Waals surface area contributed by atoms with E-state index in [0.717, 1.165) is 16.5 Å². The van der Waals surface area contributed by atoms with Crippen molar-refractivity contribution in [2.24, 2.45) is 0 Å². The number of hydrogen-bond acceptors (Lipinski definition) is 1. The molecule has 1 heterocycles. The second kappa shape index (κ2) is 6.06. The molecule has 0 radical (unpaired) electrons. The van der Waals surface area contributed by atoms with Gasteiger partial charge in [-0.2, -0.15) is 13.2 Å². The van der Waals surface area contributed by atoms with Crippen LogP contribution in [0.15, 0.2) is 24.4 Å². The van der Waals surface area contributed by atoms with Crippen molar-refractivity contribution in [3.63, 3.8) is 0 Å². The first-order valence-corrected chi connectivity index (χ1v) is 6.77. The van der Waals surface area contributed by atoms with Gasteiger partial charge in [-0.3, -0.25) is 0 Å². The Hall–Kier alpha value is -1.20. The van der Waals surface area contributed by atoms with Crippen molar-refractivity contribution in [3.05, 3.63) is 35.0 Å². The van der Waals surface area contributed by atoms with E-state index in [4.69, 9.17) is 11.6 Å². The van der Waals surface area contributed by atoms with Crippen molar-refractivity contribution in [2.75, 3.05) is 7.05 Å². The normalized spacial score (nSPS) is 12.2. The fraction of sp³-hybridized carbons (Fsp3) is 0.429. The molecule has 0 amide bonds. The molecule has 110 valence electrons. The molecule has 0 atom stereocenters. The minimum Gasteiger partial charge on any atom is -0.347 e. The number of rotatable bonds is 5. The van der Waals surface area contributed by atoms with Crippen LogP contribution in [0.25, 0.3) is 10.9 Å². The van der Waals surface area contributed by atoms with E-state index in [0.29, 0.717) is 18.1 Å². The monoisotopic (exact) mass is 304 g/mol. The molecule has 0 saturated heterocycles. The van der Waals surface area contributed by atoms with Gasteiger partial charge < -0.3 is 9.88 Å². The Morgan fingerprint density at radius 2 is 2.05 bits per heavy atom. The number of aryl methyl sites for hydroxylation is 1. The number of nitrogens with one attached hydrogen (secondary N) is 1. The highest BCUT2D eigenvalue weighted by Crippen LogP contribution is 2.27. The number of alkyl halides is 3. The van der Waals surface area contributed by atoms with Crippen molar-refractivity contribution >= 4 is 22.5 Å². The summed E-state index contributed by atoms with van der Waals surface area (Å²) < 4.78 is 38.5.